The van der Waals surface area contributed by atoms with Gasteiger partial charge < -0.3 is 20.3 Å². The summed E-state index contributed by atoms with van der Waals surface area (Å²) in [5, 5.41) is 25.0. The van der Waals surface area contributed by atoms with E-state index >= 15 is 0 Å². The molecule has 0 radical (unpaired) electrons. The van der Waals surface area contributed by atoms with Gasteiger partial charge in [0.15, 0.2) is 5.65 Å². The lowest BCUT2D eigenvalue weighted by molar-refractivity contribution is -0.133. The molecule has 0 bridgehead atoms. The summed E-state index contributed by atoms with van der Waals surface area (Å²) in [5.74, 6) is -0.770. The first kappa shape index (κ1) is 31.1. The van der Waals surface area contributed by atoms with Crippen molar-refractivity contribution in [3.8, 4) is 23.1 Å². The number of nitrogens with zero attached hydrogens (tertiary/aromatic N) is 7. The third-order valence-corrected chi connectivity index (χ3v) is 10.1. The summed E-state index contributed by atoms with van der Waals surface area (Å²) in [6.07, 6.45) is 11.7. The number of carbonyl (C=O) groups excluding carboxylic acids is 2. The molecule has 3 fully saturated rings. The Morgan fingerprint density at radius 1 is 1.19 bits per heavy atom. The predicted octanol–water partition coefficient (Wildman–Crippen LogP) is 4.59. The van der Waals surface area contributed by atoms with Gasteiger partial charge in [0.1, 0.15) is 23.6 Å². The first-order valence-corrected chi connectivity index (χ1v) is 16.5. The quantitative estimate of drug-likeness (QED) is 0.223. The fourth-order valence-electron chi connectivity index (χ4n) is 5.70. The number of hydrogen-bond donors (Lipinski definition) is 2. The normalized spacial score (nSPS) is 17.5. The molecular formula is C32H33F2N9O3S. The molecule has 12 nitrogen and oxygen atoms in total. The Kier molecular flexibility index (Phi) is 8.54. The zero-order valence-corrected chi connectivity index (χ0v) is 26.3. The molecule has 0 atom stereocenters. The number of fused-ring (bicyclic) bond motifs is 1. The van der Waals surface area contributed by atoms with Crippen molar-refractivity contribution in [3.05, 3.63) is 54.6 Å². The number of anilines is 1. The first-order valence-electron chi connectivity index (χ1n) is 15.6. The van der Waals surface area contributed by atoms with Crippen molar-refractivity contribution in [3.63, 3.8) is 0 Å². The molecule has 2 saturated carbocycles. The number of aromatic nitrogens is 5. The van der Waals surface area contributed by atoms with Crippen molar-refractivity contribution in [2.24, 2.45) is 5.41 Å². The molecule has 2 amide bonds. The van der Waals surface area contributed by atoms with Gasteiger partial charge >= 0.3 is 6.61 Å². The smallest absolute Gasteiger partial charge is 0.387 e. The SMILES string of the molecule is N#CC1(CNC2CCN(C(=O)Cn3cc(NC(=O)c4cnn5cccnc45)c(-c4cc(SC5CC5)ccc4OC(F)F)n3)CC2)CC1. The zero-order chi connectivity index (χ0) is 32.5. The average molecular weight is 662 g/mol. The maximum absolute atomic E-state index is 13.5. The Balaban J connectivity index is 1.13. The number of piperidine rings is 1. The van der Waals surface area contributed by atoms with Crippen molar-refractivity contribution < 1.29 is 23.1 Å². The highest BCUT2D eigenvalue weighted by Gasteiger charge is 2.43. The second-order valence-corrected chi connectivity index (χ2v) is 13.6. The summed E-state index contributed by atoms with van der Waals surface area (Å²) in [6, 6.07) is 9.28. The van der Waals surface area contributed by atoms with Crippen LogP contribution in [0.4, 0.5) is 14.5 Å². The number of halogens is 2. The Morgan fingerprint density at radius 2 is 2.00 bits per heavy atom. The second kappa shape index (κ2) is 12.9. The molecule has 4 aromatic rings. The largest absolute Gasteiger partial charge is 0.434 e. The molecule has 47 heavy (non-hydrogen) atoms. The topological polar surface area (TPSA) is 142 Å². The molecule has 244 valence electrons. The van der Waals surface area contributed by atoms with Crippen LogP contribution in [0.1, 0.15) is 48.9 Å². The zero-order valence-electron chi connectivity index (χ0n) is 25.4. The van der Waals surface area contributed by atoms with Gasteiger partial charge in [0.2, 0.25) is 5.91 Å². The van der Waals surface area contributed by atoms with Crippen LogP contribution in [0, 0.1) is 16.7 Å². The van der Waals surface area contributed by atoms with Crippen molar-refractivity contribution in [1.82, 2.24) is 34.6 Å². The second-order valence-electron chi connectivity index (χ2n) is 12.3. The van der Waals surface area contributed by atoms with Gasteiger partial charge in [0, 0.05) is 60.0 Å². The molecule has 4 heterocycles. The number of likely N-dealkylation sites (tertiary alicyclic amines) is 1. The molecule has 7 rings (SSSR count). The third kappa shape index (κ3) is 7.08. The monoisotopic (exact) mass is 661 g/mol. The van der Waals surface area contributed by atoms with E-state index in [4.69, 9.17) is 4.74 Å². The molecule has 1 aromatic carbocycles. The molecule has 2 aliphatic carbocycles. The number of ether oxygens (including phenoxy) is 1. The van der Waals surface area contributed by atoms with Crippen LogP contribution < -0.4 is 15.4 Å². The number of benzene rings is 1. The van der Waals surface area contributed by atoms with E-state index in [9.17, 15) is 23.6 Å². The number of hydrogen-bond acceptors (Lipinski definition) is 9. The summed E-state index contributed by atoms with van der Waals surface area (Å²) >= 11 is 1.64. The van der Waals surface area contributed by atoms with Gasteiger partial charge in [-0.05, 0) is 62.8 Å². The molecule has 0 spiro atoms. The molecule has 3 aromatic heterocycles. The molecule has 15 heteroatoms. The van der Waals surface area contributed by atoms with Crippen LogP contribution >= 0.6 is 11.8 Å². The summed E-state index contributed by atoms with van der Waals surface area (Å²) in [5.41, 5.74) is 1.01. The van der Waals surface area contributed by atoms with Gasteiger partial charge in [-0.25, -0.2) is 9.50 Å². The van der Waals surface area contributed by atoms with Crippen molar-refractivity contribution in [2.75, 3.05) is 25.0 Å². The summed E-state index contributed by atoms with van der Waals surface area (Å²) in [6.45, 7) is -1.40. The van der Waals surface area contributed by atoms with Crippen molar-refractivity contribution >= 4 is 34.9 Å². The Morgan fingerprint density at radius 3 is 2.72 bits per heavy atom. The molecule has 3 aliphatic rings. The number of nitriles is 1. The van der Waals surface area contributed by atoms with Crippen LogP contribution in [0.3, 0.4) is 0 Å². The molecule has 2 N–H and O–H groups in total. The highest BCUT2D eigenvalue weighted by Crippen LogP contribution is 2.45. The van der Waals surface area contributed by atoms with Crippen LogP contribution in [0.2, 0.25) is 0 Å². The Labute approximate surface area is 273 Å². The molecule has 0 unspecified atom stereocenters. The van der Waals surface area contributed by atoms with E-state index in [1.807, 2.05) is 0 Å². The summed E-state index contributed by atoms with van der Waals surface area (Å²) in [7, 11) is 0. The van der Waals surface area contributed by atoms with Crippen LogP contribution in [0.15, 0.2) is 53.9 Å². The van der Waals surface area contributed by atoms with Gasteiger partial charge in [-0.3, -0.25) is 14.3 Å². The Hall–Kier alpha value is -4.55. The van der Waals surface area contributed by atoms with Crippen molar-refractivity contribution in [2.45, 2.75) is 67.9 Å². The lowest BCUT2D eigenvalue weighted by Crippen LogP contribution is -2.46. The maximum atomic E-state index is 13.5. The average Bonchev–Trinajstić information content (AvgIpc) is 3.97. The number of rotatable bonds is 12. The maximum Gasteiger partial charge on any atom is 0.387 e. The van der Waals surface area contributed by atoms with Gasteiger partial charge in [-0.1, -0.05) is 0 Å². The standard InChI is InChI=1S/C32H33F2N9O3S/c33-31(34)46-26-5-4-22(47-21-2-3-21)14-23(26)28-25(39-30(45)24-15-38-43-11-1-10-36-29(24)43)16-42(40-28)17-27(44)41-12-6-20(7-13-41)37-19-32(18-35)8-9-32/h1,4-5,10-11,14-16,20-21,31,37H,2-3,6-9,12-13,17,19H2,(H,39,45). The van der Waals surface area contributed by atoms with Gasteiger partial charge in [-0.15, -0.1) is 11.8 Å². The minimum atomic E-state index is -3.07. The summed E-state index contributed by atoms with van der Waals surface area (Å²) < 4.78 is 34.8. The first-order chi connectivity index (χ1) is 22.8. The van der Waals surface area contributed by atoms with E-state index in [1.54, 1.807) is 47.3 Å². The van der Waals surface area contributed by atoms with Crippen LogP contribution in [0.5, 0.6) is 5.75 Å². The van der Waals surface area contributed by atoms with Gasteiger partial charge in [0.05, 0.1) is 23.4 Å². The van der Waals surface area contributed by atoms with E-state index in [-0.39, 0.29) is 52.2 Å². The minimum absolute atomic E-state index is 0.0937. The molecular weight excluding hydrogens is 628 g/mol. The number of amides is 2. The fourth-order valence-corrected chi connectivity index (χ4v) is 6.79. The van der Waals surface area contributed by atoms with E-state index < -0.39 is 12.5 Å². The van der Waals surface area contributed by atoms with Crippen LogP contribution in [-0.4, -0.2) is 78.6 Å². The Bertz CT molecular complexity index is 1840. The summed E-state index contributed by atoms with van der Waals surface area (Å²) in [4.78, 5) is 33.8. The third-order valence-electron chi connectivity index (χ3n) is 8.75. The van der Waals surface area contributed by atoms with E-state index in [1.165, 1.54) is 27.7 Å². The number of nitrogens with one attached hydrogen (secondary N) is 2. The number of thioether (sulfide) groups is 1. The fraction of sp³-hybridized carbons (Fsp3) is 0.438. The lowest BCUT2D eigenvalue weighted by atomic mass is 10.0. The predicted molar refractivity (Wildman–Crippen MR) is 169 cm³/mol. The van der Waals surface area contributed by atoms with Crippen LogP contribution in [-0.2, 0) is 11.3 Å². The number of alkyl halides is 2. The van der Waals surface area contributed by atoms with Gasteiger partial charge in [-0.2, -0.15) is 24.2 Å². The van der Waals surface area contributed by atoms with Gasteiger partial charge in [0.25, 0.3) is 5.91 Å². The number of carbonyl (C=O) groups is 2. The van der Waals surface area contributed by atoms with Crippen molar-refractivity contribution in [1.29, 1.82) is 5.26 Å². The van der Waals surface area contributed by atoms with Crippen LogP contribution in [0.25, 0.3) is 16.9 Å². The lowest BCUT2D eigenvalue weighted by Gasteiger charge is -2.33. The highest BCUT2D eigenvalue weighted by atomic mass is 32.2. The molecule has 1 aliphatic heterocycles. The van der Waals surface area contributed by atoms with E-state index in [0.29, 0.717) is 30.5 Å². The minimum Gasteiger partial charge on any atom is -0.434 e. The highest BCUT2D eigenvalue weighted by molar-refractivity contribution is 8.00. The van der Waals surface area contributed by atoms with E-state index in [0.717, 1.165) is 43.4 Å². The molecule has 1 saturated heterocycles. The van der Waals surface area contributed by atoms with E-state index in [2.05, 4.69) is 31.9 Å².